The van der Waals surface area contributed by atoms with E-state index in [1.54, 1.807) is 0 Å². The number of nitrogens with one attached hydrogen (secondary N) is 1. The largest absolute Gasteiger partial charge is 0.445 e. The lowest BCUT2D eigenvalue weighted by atomic mass is 9.54. The molecular weight excluding hydrogens is 318 g/mol. The summed E-state index contributed by atoms with van der Waals surface area (Å²) in [6.45, 7) is 2.11. The van der Waals surface area contributed by atoms with Crippen molar-refractivity contribution in [3.05, 3.63) is 0 Å². The van der Waals surface area contributed by atoms with Crippen LogP contribution in [0.25, 0.3) is 0 Å². The Kier molecular flexibility index (Phi) is 3.47. The summed E-state index contributed by atoms with van der Waals surface area (Å²) in [6.07, 6.45) is 2.87. The Morgan fingerprint density at radius 2 is 1.79 bits per heavy atom. The first-order valence-corrected chi connectivity index (χ1v) is 8.79. The Balaban J connectivity index is 1.56. The Morgan fingerprint density at radius 1 is 1.25 bits per heavy atom. The molecule has 0 aromatic heterocycles. The van der Waals surface area contributed by atoms with E-state index in [4.69, 9.17) is 4.74 Å². The zero-order valence-electron chi connectivity index (χ0n) is 14.0. The highest BCUT2D eigenvalue weighted by molar-refractivity contribution is 6.05. The van der Waals surface area contributed by atoms with E-state index < -0.39 is 23.5 Å². The van der Waals surface area contributed by atoms with Gasteiger partial charge in [-0.1, -0.05) is 0 Å². The summed E-state index contributed by atoms with van der Waals surface area (Å²) in [4.78, 5) is 16.8. The molecule has 1 saturated heterocycles. The second-order valence-corrected chi connectivity index (χ2v) is 8.39. The summed E-state index contributed by atoms with van der Waals surface area (Å²) in [5.74, 6) is 1.82. The fourth-order valence-corrected chi connectivity index (χ4v) is 5.32. The van der Waals surface area contributed by atoms with Crippen LogP contribution in [-0.4, -0.2) is 40.7 Å². The molecule has 134 valence electrons. The van der Waals surface area contributed by atoms with Crippen LogP contribution < -0.4 is 5.32 Å². The number of halogens is 2. The van der Waals surface area contributed by atoms with E-state index in [2.05, 4.69) is 10.3 Å². The Morgan fingerprint density at radius 3 is 2.29 bits per heavy atom. The molecule has 5 aliphatic rings. The van der Waals surface area contributed by atoms with Gasteiger partial charge in [0.15, 0.2) is 5.60 Å². The van der Waals surface area contributed by atoms with E-state index >= 15 is 0 Å². The van der Waals surface area contributed by atoms with Crippen LogP contribution in [0.3, 0.4) is 0 Å². The van der Waals surface area contributed by atoms with E-state index in [1.807, 2.05) is 0 Å². The van der Waals surface area contributed by atoms with Crippen molar-refractivity contribution in [2.45, 2.75) is 69.6 Å². The molecule has 4 saturated carbocycles. The third-order valence-corrected chi connectivity index (χ3v) is 6.79. The fraction of sp³-hybridized carbons (Fsp3) is 0.882. The summed E-state index contributed by atoms with van der Waals surface area (Å²) in [5.41, 5.74) is -4.62. The highest BCUT2D eigenvalue weighted by atomic mass is 19.3. The molecule has 1 aliphatic heterocycles. The molecule has 5 rings (SSSR count). The smallest absolute Gasteiger partial charge is 0.293 e. The molecule has 4 aliphatic carbocycles. The van der Waals surface area contributed by atoms with Crippen molar-refractivity contribution < 1.29 is 23.4 Å². The van der Waals surface area contributed by atoms with Gasteiger partial charge >= 0.3 is 0 Å². The van der Waals surface area contributed by atoms with Crippen molar-refractivity contribution in [3.8, 4) is 0 Å². The fourth-order valence-electron chi connectivity index (χ4n) is 5.32. The van der Waals surface area contributed by atoms with Crippen LogP contribution in [0.2, 0.25) is 0 Å². The van der Waals surface area contributed by atoms with Gasteiger partial charge in [-0.25, -0.2) is 13.8 Å². The van der Waals surface area contributed by atoms with Crippen molar-refractivity contribution in [1.82, 2.24) is 5.32 Å². The summed E-state index contributed by atoms with van der Waals surface area (Å²) < 4.78 is 31.8. The molecule has 5 fully saturated rings. The van der Waals surface area contributed by atoms with Crippen LogP contribution in [0.1, 0.15) is 46.0 Å². The van der Waals surface area contributed by atoms with Gasteiger partial charge in [0, 0.05) is 0 Å². The predicted octanol–water partition coefficient (Wildman–Crippen LogP) is 2.09. The minimum Gasteiger partial charge on any atom is -0.445 e. The predicted molar refractivity (Wildman–Crippen MR) is 82.5 cm³/mol. The summed E-state index contributed by atoms with van der Waals surface area (Å²) in [7, 11) is 0. The number of amides is 1. The molecule has 2 N–H and O–H groups in total. The monoisotopic (exact) mass is 342 g/mol. The van der Waals surface area contributed by atoms with E-state index in [-0.39, 0.29) is 12.1 Å². The van der Waals surface area contributed by atoms with Gasteiger partial charge in [-0.05, 0) is 69.6 Å². The minimum absolute atomic E-state index is 0.0131. The van der Waals surface area contributed by atoms with E-state index in [0.717, 1.165) is 44.4 Å². The summed E-state index contributed by atoms with van der Waals surface area (Å²) >= 11 is 0. The first-order chi connectivity index (χ1) is 11.2. The van der Waals surface area contributed by atoms with E-state index in [1.165, 1.54) is 13.3 Å². The number of alkyl halides is 2. The lowest BCUT2D eigenvalue weighted by molar-refractivity contribution is -0.188. The number of hydrogen-bond acceptors (Lipinski definition) is 4. The highest BCUT2D eigenvalue weighted by Crippen LogP contribution is 2.54. The van der Waals surface area contributed by atoms with Crippen LogP contribution in [-0.2, 0) is 9.53 Å². The average molecular weight is 342 g/mol. The highest BCUT2D eigenvalue weighted by Gasteiger charge is 2.61. The average Bonchev–Trinajstić information content (AvgIpc) is 2.78. The molecule has 0 aromatic rings. The Bertz CT molecular complexity index is 564. The molecule has 0 radical (unpaired) electrons. The zero-order valence-corrected chi connectivity index (χ0v) is 14.0. The van der Waals surface area contributed by atoms with E-state index in [9.17, 15) is 18.7 Å². The molecule has 2 atom stereocenters. The van der Waals surface area contributed by atoms with Gasteiger partial charge in [0.1, 0.15) is 0 Å². The normalized spacial score (nSPS) is 47.8. The molecule has 1 amide bonds. The quantitative estimate of drug-likeness (QED) is 0.825. The number of carbonyl (C=O) groups is 1. The molecule has 5 nitrogen and oxygen atoms in total. The van der Waals surface area contributed by atoms with Gasteiger partial charge in [0.05, 0.1) is 6.04 Å². The van der Waals surface area contributed by atoms with Crippen molar-refractivity contribution in [2.24, 2.45) is 28.7 Å². The van der Waals surface area contributed by atoms with Gasteiger partial charge in [0.25, 0.3) is 18.4 Å². The van der Waals surface area contributed by atoms with Crippen molar-refractivity contribution in [3.63, 3.8) is 0 Å². The first-order valence-electron chi connectivity index (χ1n) is 8.79. The lowest BCUT2D eigenvalue weighted by Crippen LogP contribution is -2.59. The van der Waals surface area contributed by atoms with E-state index in [0.29, 0.717) is 11.8 Å². The first kappa shape index (κ1) is 16.2. The maximum Gasteiger partial charge on any atom is 0.293 e. The third kappa shape index (κ3) is 2.20. The molecule has 0 aromatic carbocycles. The molecule has 1 heterocycles. The lowest BCUT2D eigenvalue weighted by Gasteiger charge is -2.52. The Labute approximate surface area is 139 Å². The SMILES string of the molecule is CC1(C(C)(O)C(F)F)OC(=NC2C3CC4CC(C3)CC2C4)NC1=O. The zero-order chi connectivity index (χ0) is 17.3. The van der Waals surface area contributed by atoms with Crippen LogP contribution in [0.15, 0.2) is 4.99 Å². The molecule has 4 bridgehead atoms. The number of carbonyl (C=O) groups excluding carboxylic acids is 1. The van der Waals surface area contributed by atoms with Crippen molar-refractivity contribution in [2.75, 3.05) is 0 Å². The standard InChI is InChI=1S/C17H24F2N2O3/c1-16(23,13(18)19)17(2)14(22)21-15(24-17)20-12-10-4-8-3-9(6-10)7-11(12)5-8/h8-13,23H,3-7H2,1-2H3,(H,20,21,22). The van der Waals surface area contributed by atoms with Gasteiger partial charge in [-0.2, -0.15) is 0 Å². The van der Waals surface area contributed by atoms with Gasteiger partial charge in [-0.15, -0.1) is 0 Å². The second kappa shape index (κ2) is 5.13. The number of amidine groups is 1. The molecule has 7 heteroatoms. The minimum atomic E-state index is -3.10. The number of aliphatic imine (C=N–C) groups is 1. The topological polar surface area (TPSA) is 70.9 Å². The maximum absolute atomic E-state index is 13.2. The van der Waals surface area contributed by atoms with Crippen LogP contribution in [0.4, 0.5) is 8.78 Å². The summed E-state index contributed by atoms with van der Waals surface area (Å²) in [6, 6.07) is 0.0767. The third-order valence-electron chi connectivity index (χ3n) is 6.79. The molecule has 24 heavy (non-hydrogen) atoms. The van der Waals surface area contributed by atoms with Crippen molar-refractivity contribution in [1.29, 1.82) is 0 Å². The number of aliphatic hydroxyl groups is 1. The Hall–Kier alpha value is -1.24. The molecule has 2 unspecified atom stereocenters. The second-order valence-electron chi connectivity index (χ2n) is 8.39. The number of nitrogens with zero attached hydrogens (tertiary/aromatic N) is 1. The van der Waals surface area contributed by atoms with Gasteiger partial charge in [0.2, 0.25) is 5.60 Å². The van der Waals surface area contributed by atoms with Gasteiger partial charge < -0.3 is 9.84 Å². The summed E-state index contributed by atoms with van der Waals surface area (Å²) in [5, 5.41) is 12.5. The number of ether oxygens (including phenoxy) is 1. The van der Waals surface area contributed by atoms with Crippen LogP contribution in [0, 0.1) is 23.7 Å². The number of rotatable bonds is 3. The molecular formula is C17H24F2N2O3. The number of hydrogen-bond donors (Lipinski definition) is 2. The van der Waals surface area contributed by atoms with Crippen LogP contribution >= 0.6 is 0 Å². The maximum atomic E-state index is 13.2. The van der Waals surface area contributed by atoms with Crippen LogP contribution in [0.5, 0.6) is 0 Å². The van der Waals surface area contributed by atoms with Crippen molar-refractivity contribution >= 4 is 11.9 Å². The molecule has 0 spiro atoms. The van der Waals surface area contributed by atoms with Gasteiger partial charge in [-0.3, -0.25) is 10.1 Å².